The highest BCUT2D eigenvalue weighted by atomic mass is 16.4. The molecule has 1 aliphatic carbocycles. The lowest BCUT2D eigenvalue weighted by molar-refractivity contribution is -0.142. The summed E-state index contributed by atoms with van der Waals surface area (Å²) < 4.78 is 0. The van der Waals surface area contributed by atoms with Gasteiger partial charge in [-0.2, -0.15) is 0 Å². The number of hydrogen-bond donors (Lipinski definition) is 2. The summed E-state index contributed by atoms with van der Waals surface area (Å²) in [5.74, 6) is -0.628. The van der Waals surface area contributed by atoms with Crippen molar-refractivity contribution in [1.82, 2.24) is 15.1 Å². The number of nitrogens with one attached hydrogen (secondary N) is 1. The van der Waals surface area contributed by atoms with Crippen LogP contribution in [0.15, 0.2) is 0 Å². The van der Waals surface area contributed by atoms with Crippen LogP contribution in [-0.4, -0.2) is 73.1 Å². The lowest BCUT2D eigenvalue weighted by Crippen LogP contribution is -2.49. The first-order chi connectivity index (χ1) is 9.58. The molecule has 2 unspecified atom stereocenters. The van der Waals surface area contributed by atoms with Crippen molar-refractivity contribution in [3.63, 3.8) is 0 Å². The van der Waals surface area contributed by atoms with Crippen LogP contribution in [0.2, 0.25) is 0 Å². The minimum absolute atomic E-state index is 0.128. The van der Waals surface area contributed by atoms with Crippen molar-refractivity contribution in [3.8, 4) is 0 Å². The fourth-order valence-corrected chi connectivity index (χ4v) is 3.14. The van der Waals surface area contributed by atoms with Gasteiger partial charge in [-0.25, -0.2) is 0 Å². The number of hydrogen-bond acceptors (Lipinski definition) is 4. The Labute approximate surface area is 120 Å². The number of carbonyl (C=O) groups is 2. The Balaban J connectivity index is 1.67. The van der Waals surface area contributed by atoms with Crippen LogP contribution in [0.4, 0.5) is 0 Å². The minimum Gasteiger partial charge on any atom is -0.481 e. The second-order valence-corrected chi connectivity index (χ2v) is 5.95. The standard InChI is InChI=1S/C14H25N3O3/c1-16-5-7-17(8-6-16)13(18)10-15-9-11-3-2-4-12(11)14(19)20/h11-12,15H,2-10H2,1H3,(H,19,20). The van der Waals surface area contributed by atoms with E-state index in [0.29, 0.717) is 13.1 Å². The molecule has 1 heterocycles. The molecule has 0 spiro atoms. The molecule has 2 rings (SSSR count). The molecule has 1 amide bonds. The lowest BCUT2D eigenvalue weighted by Gasteiger charge is -2.32. The molecule has 1 aliphatic heterocycles. The van der Waals surface area contributed by atoms with Gasteiger partial charge in [-0.3, -0.25) is 9.59 Å². The summed E-state index contributed by atoms with van der Waals surface area (Å²) in [5.41, 5.74) is 0. The predicted molar refractivity (Wildman–Crippen MR) is 75.4 cm³/mol. The molecule has 2 fully saturated rings. The predicted octanol–water partition coefficient (Wildman–Crippen LogP) is -0.149. The summed E-state index contributed by atoms with van der Waals surface area (Å²) in [6.07, 6.45) is 2.70. The van der Waals surface area contributed by atoms with E-state index in [0.717, 1.165) is 45.4 Å². The van der Waals surface area contributed by atoms with E-state index in [-0.39, 0.29) is 17.7 Å². The molecule has 20 heavy (non-hydrogen) atoms. The first kappa shape index (κ1) is 15.3. The van der Waals surface area contributed by atoms with Gasteiger partial charge in [0, 0.05) is 26.2 Å². The fourth-order valence-electron chi connectivity index (χ4n) is 3.14. The van der Waals surface area contributed by atoms with Gasteiger partial charge < -0.3 is 20.2 Å². The molecule has 1 saturated carbocycles. The van der Waals surface area contributed by atoms with Crippen molar-refractivity contribution < 1.29 is 14.7 Å². The molecule has 6 nitrogen and oxygen atoms in total. The number of amides is 1. The van der Waals surface area contributed by atoms with Crippen LogP contribution in [0, 0.1) is 11.8 Å². The van der Waals surface area contributed by atoms with E-state index >= 15 is 0 Å². The Morgan fingerprint density at radius 2 is 1.90 bits per heavy atom. The number of rotatable bonds is 5. The number of nitrogens with zero attached hydrogens (tertiary/aromatic N) is 2. The zero-order valence-corrected chi connectivity index (χ0v) is 12.2. The average molecular weight is 283 g/mol. The van der Waals surface area contributed by atoms with Crippen molar-refractivity contribution in [3.05, 3.63) is 0 Å². The topological polar surface area (TPSA) is 72.9 Å². The van der Waals surface area contributed by atoms with Crippen LogP contribution in [0.5, 0.6) is 0 Å². The van der Waals surface area contributed by atoms with Crippen molar-refractivity contribution in [2.45, 2.75) is 19.3 Å². The van der Waals surface area contributed by atoms with E-state index in [1.54, 1.807) is 0 Å². The Morgan fingerprint density at radius 3 is 2.55 bits per heavy atom. The average Bonchev–Trinajstić information content (AvgIpc) is 2.88. The van der Waals surface area contributed by atoms with Crippen LogP contribution in [0.3, 0.4) is 0 Å². The third-order valence-electron chi connectivity index (χ3n) is 4.52. The molecule has 0 aromatic heterocycles. The normalized spacial score (nSPS) is 27.8. The molecule has 2 aliphatic rings. The molecular weight excluding hydrogens is 258 g/mol. The molecule has 114 valence electrons. The second-order valence-electron chi connectivity index (χ2n) is 5.95. The summed E-state index contributed by atoms with van der Waals surface area (Å²) in [4.78, 5) is 27.2. The monoisotopic (exact) mass is 283 g/mol. The lowest BCUT2D eigenvalue weighted by atomic mass is 9.96. The largest absolute Gasteiger partial charge is 0.481 e. The molecule has 0 aromatic rings. The van der Waals surface area contributed by atoms with Gasteiger partial charge in [0.2, 0.25) is 5.91 Å². The summed E-state index contributed by atoms with van der Waals surface area (Å²) >= 11 is 0. The Hall–Kier alpha value is -1.14. The van der Waals surface area contributed by atoms with Gasteiger partial charge >= 0.3 is 5.97 Å². The maximum Gasteiger partial charge on any atom is 0.306 e. The number of aliphatic carboxylic acids is 1. The zero-order chi connectivity index (χ0) is 14.5. The van der Waals surface area contributed by atoms with Crippen LogP contribution in [0.1, 0.15) is 19.3 Å². The van der Waals surface area contributed by atoms with Crippen molar-refractivity contribution in [1.29, 1.82) is 0 Å². The summed E-state index contributed by atoms with van der Waals surface area (Å²) in [7, 11) is 2.06. The van der Waals surface area contributed by atoms with Crippen LogP contribution in [-0.2, 0) is 9.59 Å². The van der Waals surface area contributed by atoms with E-state index in [1.807, 2.05) is 4.90 Å². The highest BCUT2D eigenvalue weighted by Gasteiger charge is 2.32. The van der Waals surface area contributed by atoms with Crippen molar-refractivity contribution >= 4 is 11.9 Å². The molecule has 0 aromatic carbocycles. The van der Waals surface area contributed by atoms with Gasteiger partial charge in [-0.1, -0.05) is 6.42 Å². The first-order valence-corrected chi connectivity index (χ1v) is 7.48. The highest BCUT2D eigenvalue weighted by Crippen LogP contribution is 2.31. The van der Waals surface area contributed by atoms with Gasteiger partial charge in [-0.15, -0.1) is 0 Å². The Morgan fingerprint density at radius 1 is 1.20 bits per heavy atom. The highest BCUT2D eigenvalue weighted by molar-refractivity contribution is 5.78. The van der Waals surface area contributed by atoms with Gasteiger partial charge in [-0.05, 0) is 32.4 Å². The number of carboxylic acids is 1. The Kier molecular flexibility index (Phi) is 5.37. The molecule has 1 saturated heterocycles. The Bertz CT molecular complexity index is 354. The van der Waals surface area contributed by atoms with E-state index in [1.165, 1.54) is 0 Å². The number of carboxylic acid groups (broad SMARTS) is 1. The van der Waals surface area contributed by atoms with Crippen LogP contribution < -0.4 is 5.32 Å². The molecule has 2 atom stereocenters. The van der Waals surface area contributed by atoms with Gasteiger partial charge in [0.25, 0.3) is 0 Å². The van der Waals surface area contributed by atoms with Gasteiger partial charge in [0.05, 0.1) is 12.5 Å². The summed E-state index contributed by atoms with van der Waals surface area (Å²) in [6.45, 7) is 4.39. The smallest absolute Gasteiger partial charge is 0.306 e. The maximum absolute atomic E-state index is 12.0. The quantitative estimate of drug-likeness (QED) is 0.734. The van der Waals surface area contributed by atoms with E-state index in [2.05, 4.69) is 17.3 Å². The summed E-state index contributed by atoms with van der Waals surface area (Å²) in [6, 6.07) is 0. The maximum atomic E-state index is 12.0. The number of likely N-dealkylation sites (N-methyl/N-ethyl adjacent to an activating group) is 1. The van der Waals surface area contributed by atoms with E-state index < -0.39 is 5.97 Å². The van der Waals surface area contributed by atoms with E-state index in [4.69, 9.17) is 5.11 Å². The summed E-state index contributed by atoms with van der Waals surface area (Å²) in [5, 5.41) is 12.3. The minimum atomic E-state index is -0.695. The SMILES string of the molecule is CN1CCN(C(=O)CNCC2CCCC2C(=O)O)CC1. The number of piperazine rings is 1. The van der Waals surface area contributed by atoms with Gasteiger partial charge in [0.15, 0.2) is 0 Å². The van der Waals surface area contributed by atoms with Crippen molar-refractivity contribution in [2.24, 2.45) is 11.8 Å². The molecular formula is C14H25N3O3. The molecule has 2 N–H and O–H groups in total. The molecule has 0 bridgehead atoms. The molecule has 6 heteroatoms. The third kappa shape index (κ3) is 3.93. The second kappa shape index (κ2) is 7.04. The molecule has 0 radical (unpaired) electrons. The van der Waals surface area contributed by atoms with Crippen molar-refractivity contribution in [2.75, 3.05) is 46.3 Å². The third-order valence-corrected chi connectivity index (χ3v) is 4.52. The number of carbonyl (C=O) groups excluding carboxylic acids is 1. The first-order valence-electron chi connectivity index (χ1n) is 7.48. The van der Waals surface area contributed by atoms with Gasteiger partial charge in [0.1, 0.15) is 0 Å². The van der Waals surface area contributed by atoms with E-state index in [9.17, 15) is 9.59 Å². The van der Waals surface area contributed by atoms with Crippen LogP contribution >= 0.6 is 0 Å². The zero-order valence-electron chi connectivity index (χ0n) is 12.2. The van der Waals surface area contributed by atoms with Crippen LogP contribution in [0.25, 0.3) is 0 Å². The fraction of sp³-hybridized carbons (Fsp3) is 0.857.